The fourth-order valence-corrected chi connectivity index (χ4v) is 1.26. The minimum atomic E-state index is 0.378. The van der Waals surface area contributed by atoms with Gasteiger partial charge in [-0.15, -0.1) is 0 Å². The first kappa shape index (κ1) is 13.0. The van der Waals surface area contributed by atoms with E-state index in [1.807, 2.05) is 0 Å². The van der Waals surface area contributed by atoms with Crippen LogP contribution in [0, 0.1) is 11.3 Å². The van der Waals surface area contributed by atoms with Crippen molar-refractivity contribution in [2.75, 3.05) is 0 Å². The summed E-state index contributed by atoms with van der Waals surface area (Å²) < 4.78 is 0. The predicted molar refractivity (Wildman–Crippen MR) is 61.0 cm³/mol. The molecule has 0 bridgehead atoms. The van der Waals surface area contributed by atoms with Gasteiger partial charge in [-0.25, -0.2) is 0 Å². The highest BCUT2D eigenvalue weighted by molar-refractivity contribution is 4.84. The van der Waals surface area contributed by atoms with Crippen LogP contribution in [0.1, 0.15) is 54.9 Å². The molecule has 0 saturated heterocycles. The molecule has 0 aromatic heterocycles. The quantitative estimate of drug-likeness (QED) is 0.692. The Morgan fingerprint density at radius 3 is 1.85 bits per heavy atom. The van der Waals surface area contributed by atoms with Crippen LogP contribution in [0.25, 0.3) is 0 Å². The van der Waals surface area contributed by atoms with E-state index in [2.05, 4.69) is 53.8 Å². The van der Waals surface area contributed by atoms with Gasteiger partial charge < -0.3 is 5.32 Å². The van der Waals surface area contributed by atoms with Crippen LogP contribution in [0.2, 0.25) is 0 Å². The molecule has 0 aliphatic heterocycles. The molecule has 0 heterocycles. The standard InChI is InChI=1S/C12H27N/c1-8-10(4)13-11(5)12(6,7)9(2)3/h9-11,13H,8H2,1-7H3. The number of hydrogen-bond acceptors (Lipinski definition) is 1. The Morgan fingerprint density at radius 2 is 1.54 bits per heavy atom. The normalized spacial score (nSPS) is 17.5. The van der Waals surface area contributed by atoms with Crippen LogP contribution >= 0.6 is 0 Å². The van der Waals surface area contributed by atoms with Gasteiger partial charge in [-0.1, -0.05) is 34.6 Å². The van der Waals surface area contributed by atoms with E-state index >= 15 is 0 Å². The smallest absolute Gasteiger partial charge is 0.00948 e. The molecule has 0 saturated carbocycles. The lowest BCUT2D eigenvalue weighted by Gasteiger charge is -2.38. The minimum Gasteiger partial charge on any atom is -0.311 e. The van der Waals surface area contributed by atoms with E-state index in [0.29, 0.717) is 17.5 Å². The molecular formula is C12H27N. The van der Waals surface area contributed by atoms with Crippen molar-refractivity contribution in [3.05, 3.63) is 0 Å². The summed E-state index contributed by atoms with van der Waals surface area (Å²) in [6.07, 6.45) is 1.21. The van der Waals surface area contributed by atoms with Gasteiger partial charge in [0.05, 0.1) is 0 Å². The van der Waals surface area contributed by atoms with Crippen molar-refractivity contribution in [3.63, 3.8) is 0 Å². The molecule has 2 unspecified atom stereocenters. The molecule has 0 spiro atoms. The first-order valence-electron chi connectivity index (χ1n) is 5.58. The van der Waals surface area contributed by atoms with E-state index in [-0.39, 0.29) is 0 Å². The van der Waals surface area contributed by atoms with Crippen LogP contribution in [0.5, 0.6) is 0 Å². The Balaban J connectivity index is 4.16. The lowest BCUT2D eigenvalue weighted by atomic mass is 9.75. The molecule has 1 N–H and O–H groups in total. The van der Waals surface area contributed by atoms with E-state index in [9.17, 15) is 0 Å². The number of nitrogens with one attached hydrogen (secondary N) is 1. The fourth-order valence-electron chi connectivity index (χ4n) is 1.26. The SMILES string of the molecule is CCC(C)NC(C)C(C)(C)C(C)C. The summed E-state index contributed by atoms with van der Waals surface area (Å²) in [6, 6.07) is 1.22. The summed E-state index contributed by atoms with van der Waals surface area (Å²) in [5.74, 6) is 0.721. The molecule has 0 radical (unpaired) electrons. The van der Waals surface area contributed by atoms with Crippen LogP contribution in [0.4, 0.5) is 0 Å². The third kappa shape index (κ3) is 3.68. The van der Waals surface area contributed by atoms with Gasteiger partial charge in [-0.2, -0.15) is 0 Å². The van der Waals surface area contributed by atoms with E-state index in [4.69, 9.17) is 0 Å². The molecule has 0 amide bonds. The maximum atomic E-state index is 3.65. The first-order chi connectivity index (χ1) is 5.82. The summed E-state index contributed by atoms with van der Waals surface area (Å²) in [5, 5.41) is 3.65. The maximum Gasteiger partial charge on any atom is 0.00948 e. The van der Waals surface area contributed by atoms with Gasteiger partial charge in [0, 0.05) is 12.1 Å². The van der Waals surface area contributed by atoms with Gasteiger partial charge in [-0.3, -0.25) is 0 Å². The molecule has 1 nitrogen and oxygen atoms in total. The maximum absolute atomic E-state index is 3.65. The van der Waals surface area contributed by atoms with Crippen molar-refractivity contribution >= 4 is 0 Å². The van der Waals surface area contributed by atoms with Gasteiger partial charge >= 0.3 is 0 Å². The second-order valence-electron chi connectivity index (χ2n) is 5.17. The van der Waals surface area contributed by atoms with Crippen molar-refractivity contribution in [2.24, 2.45) is 11.3 Å². The molecule has 0 fully saturated rings. The summed E-state index contributed by atoms with van der Waals surface area (Å²) in [6.45, 7) is 16.1. The predicted octanol–water partition coefficient (Wildman–Crippen LogP) is 3.45. The van der Waals surface area contributed by atoms with Crippen LogP contribution in [0.15, 0.2) is 0 Å². The zero-order chi connectivity index (χ0) is 10.6. The van der Waals surface area contributed by atoms with E-state index in [0.717, 1.165) is 5.92 Å². The monoisotopic (exact) mass is 185 g/mol. The van der Waals surface area contributed by atoms with E-state index in [1.54, 1.807) is 0 Å². The van der Waals surface area contributed by atoms with Crippen molar-refractivity contribution in [1.29, 1.82) is 0 Å². The number of rotatable bonds is 5. The van der Waals surface area contributed by atoms with Gasteiger partial charge in [0.1, 0.15) is 0 Å². The molecule has 0 aromatic rings. The second-order valence-corrected chi connectivity index (χ2v) is 5.17. The molecular weight excluding hydrogens is 158 g/mol. The highest BCUT2D eigenvalue weighted by Gasteiger charge is 2.29. The van der Waals surface area contributed by atoms with Gasteiger partial charge in [-0.05, 0) is 31.6 Å². The van der Waals surface area contributed by atoms with E-state index < -0.39 is 0 Å². The van der Waals surface area contributed by atoms with Crippen molar-refractivity contribution in [2.45, 2.75) is 67.0 Å². The topological polar surface area (TPSA) is 12.0 Å². The summed E-state index contributed by atoms with van der Waals surface area (Å²) in [7, 11) is 0. The largest absolute Gasteiger partial charge is 0.311 e. The summed E-state index contributed by atoms with van der Waals surface area (Å²) in [4.78, 5) is 0. The third-order valence-electron chi connectivity index (χ3n) is 3.75. The van der Waals surface area contributed by atoms with Crippen LogP contribution in [0.3, 0.4) is 0 Å². The molecule has 2 atom stereocenters. The van der Waals surface area contributed by atoms with Crippen molar-refractivity contribution < 1.29 is 0 Å². The number of hydrogen-bond donors (Lipinski definition) is 1. The third-order valence-corrected chi connectivity index (χ3v) is 3.75. The highest BCUT2D eigenvalue weighted by Crippen LogP contribution is 2.30. The van der Waals surface area contributed by atoms with E-state index in [1.165, 1.54) is 6.42 Å². The molecule has 0 aliphatic carbocycles. The average molecular weight is 185 g/mol. The Labute approximate surface area is 84.3 Å². The summed E-state index contributed by atoms with van der Waals surface area (Å²) in [5.41, 5.74) is 0.378. The summed E-state index contributed by atoms with van der Waals surface area (Å²) >= 11 is 0. The van der Waals surface area contributed by atoms with Crippen molar-refractivity contribution in [3.8, 4) is 0 Å². The Bertz CT molecular complexity index is 138. The first-order valence-corrected chi connectivity index (χ1v) is 5.58. The Hall–Kier alpha value is -0.0400. The van der Waals surface area contributed by atoms with Gasteiger partial charge in [0.2, 0.25) is 0 Å². The van der Waals surface area contributed by atoms with Crippen molar-refractivity contribution in [1.82, 2.24) is 5.32 Å². The molecule has 13 heavy (non-hydrogen) atoms. The second kappa shape index (κ2) is 4.99. The molecule has 80 valence electrons. The fraction of sp³-hybridized carbons (Fsp3) is 1.00. The van der Waals surface area contributed by atoms with Gasteiger partial charge in [0.25, 0.3) is 0 Å². The highest BCUT2D eigenvalue weighted by atomic mass is 15.0. The average Bonchev–Trinajstić information content (AvgIpc) is 2.03. The Kier molecular flexibility index (Phi) is 4.98. The van der Waals surface area contributed by atoms with Crippen LogP contribution < -0.4 is 5.32 Å². The molecule has 0 rings (SSSR count). The molecule has 0 aromatic carbocycles. The zero-order valence-electron chi connectivity index (χ0n) is 10.4. The zero-order valence-corrected chi connectivity index (χ0v) is 10.4. The van der Waals surface area contributed by atoms with Gasteiger partial charge in [0.15, 0.2) is 0 Å². The van der Waals surface area contributed by atoms with Crippen LogP contribution in [-0.2, 0) is 0 Å². The lowest BCUT2D eigenvalue weighted by molar-refractivity contribution is 0.166. The lowest BCUT2D eigenvalue weighted by Crippen LogP contribution is -2.46. The molecule has 0 aliphatic rings. The molecule has 1 heteroatoms. The van der Waals surface area contributed by atoms with Crippen LogP contribution in [-0.4, -0.2) is 12.1 Å². The Morgan fingerprint density at radius 1 is 1.08 bits per heavy atom. The minimum absolute atomic E-state index is 0.378.